The number of aryl methyl sites for hydroxylation is 1. The lowest BCUT2D eigenvalue weighted by Gasteiger charge is -2.18. The molecule has 1 aromatic heterocycles. The number of nitrogens with zero attached hydrogens (tertiary/aromatic N) is 2. The zero-order chi connectivity index (χ0) is 19.2. The van der Waals surface area contributed by atoms with Crippen LogP contribution in [0.4, 0.5) is 5.69 Å². The summed E-state index contributed by atoms with van der Waals surface area (Å²) in [5, 5.41) is 13.2. The summed E-state index contributed by atoms with van der Waals surface area (Å²) >= 11 is 0. The van der Waals surface area contributed by atoms with Gasteiger partial charge in [-0.3, -0.25) is 9.59 Å². The summed E-state index contributed by atoms with van der Waals surface area (Å²) in [6, 6.07) is 14.5. The summed E-state index contributed by atoms with van der Waals surface area (Å²) in [5.41, 5.74) is 3.32. The number of amides is 2. The van der Waals surface area contributed by atoms with Crippen molar-refractivity contribution in [1.82, 2.24) is 15.5 Å². The van der Waals surface area contributed by atoms with Gasteiger partial charge in [-0.1, -0.05) is 35.9 Å². The van der Waals surface area contributed by atoms with E-state index in [0.29, 0.717) is 17.1 Å². The van der Waals surface area contributed by atoms with Crippen LogP contribution in [-0.4, -0.2) is 22.0 Å². The highest BCUT2D eigenvalue weighted by Gasteiger charge is 2.17. The Labute approximate surface area is 156 Å². The minimum absolute atomic E-state index is 0.118. The Hall–Kier alpha value is -3.48. The fourth-order valence-corrected chi connectivity index (χ4v) is 2.72. The molecule has 0 radical (unpaired) electrons. The van der Waals surface area contributed by atoms with Gasteiger partial charge in [0.15, 0.2) is 0 Å². The van der Waals surface area contributed by atoms with E-state index in [2.05, 4.69) is 20.8 Å². The Morgan fingerprint density at radius 1 is 1.15 bits per heavy atom. The van der Waals surface area contributed by atoms with Gasteiger partial charge >= 0.3 is 0 Å². The molecule has 138 valence electrons. The first-order chi connectivity index (χ1) is 13.0. The van der Waals surface area contributed by atoms with E-state index in [9.17, 15) is 9.59 Å². The normalized spacial score (nSPS) is 11.6. The van der Waals surface area contributed by atoms with Gasteiger partial charge in [0.05, 0.1) is 12.5 Å². The lowest BCUT2D eigenvalue weighted by atomic mass is 10.0. The molecule has 0 saturated heterocycles. The van der Waals surface area contributed by atoms with Gasteiger partial charge in [0.25, 0.3) is 0 Å². The largest absolute Gasteiger partial charge is 0.423 e. The van der Waals surface area contributed by atoms with Crippen LogP contribution in [0.25, 0.3) is 11.5 Å². The van der Waals surface area contributed by atoms with Gasteiger partial charge in [-0.25, -0.2) is 0 Å². The van der Waals surface area contributed by atoms with E-state index in [0.717, 1.165) is 11.1 Å². The SMILES string of the molecule is CC(=O)NC(CC(=O)Nc1cccc(-c2nnco2)c1)c1ccc(C)cc1. The molecular weight excluding hydrogens is 344 g/mol. The van der Waals surface area contributed by atoms with E-state index < -0.39 is 6.04 Å². The molecule has 0 fully saturated rings. The number of hydrogen-bond donors (Lipinski definition) is 2. The van der Waals surface area contributed by atoms with E-state index in [1.165, 1.54) is 13.3 Å². The number of nitrogens with one attached hydrogen (secondary N) is 2. The zero-order valence-electron chi connectivity index (χ0n) is 15.1. The highest BCUT2D eigenvalue weighted by molar-refractivity contribution is 5.92. The van der Waals surface area contributed by atoms with E-state index in [1.807, 2.05) is 37.3 Å². The van der Waals surface area contributed by atoms with Crippen molar-refractivity contribution in [1.29, 1.82) is 0 Å². The molecule has 3 aromatic rings. The Balaban J connectivity index is 1.71. The van der Waals surface area contributed by atoms with Crippen LogP contribution in [0.15, 0.2) is 59.3 Å². The first-order valence-corrected chi connectivity index (χ1v) is 8.51. The fourth-order valence-electron chi connectivity index (χ4n) is 2.72. The van der Waals surface area contributed by atoms with Crippen LogP contribution < -0.4 is 10.6 Å². The van der Waals surface area contributed by atoms with Crippen LogP contribution in [0.2, 0.25) is 0 Å². The smallest absolute Gasteiger partial charge is 0.247 e. The van der Waals surface area contributed by atoms with Crippen LogP contribution in [0, 0.1) is 6.92 Å². The monoisotopic (exact) mass is 364 g/mol. The van der Waals surface area contributed by atoms with Crippen molar-refractivity contribution in [2.75, 3.05) is 5.32 Å². The second kappa shape index (κ2) is 8.27. The van der Waals surface area contributed by atoms with Gasteiger partial charge in [0.2, 0.25) is 24.1 Å². The van der Waals surface area contributed by atoms with Crippen LogP contribution in [0.3, 0.4) is 0 Å². The molecule has 3 rings (SSSR count). The number of benzene rings is 2. The summed E-state index contributed by atoms with van der Waals surface area (Å²) in [4.78, 5) is 24.1. The van der Waals surface area contributed by atoms with Crippen molar-refractivity contribution in [2.24, 2.45) is 0 Å². The molecule has 0 saturated carbocycles. The minimum Gasteiger partial charge on any atom is -0.423 e. The average Bonchev–Trinajstić information content (AvgIpc) is 3.16. The highest BCUT2D eigenvalue weighted by Crippen LogP contribution is 2.22. The maximum atomic E-state index is 12.5. The van der Waals surface area contributed by atoms with Crippen molar-refractivity contribution in [3.63, 3.8) is 0 Å². The second-order valence-corrected chi connectivity index (χ2v) is 6.24. The van der Waals surface area contributed by atoms with Crippen molar-refractivity contribution < 1.29 is 14.0 Å². The van der Waals surface area contributed by atoms with E-state index >= 15 is 0 Å². The third-order valence-corrected chi connectivity index (χ3v) is 4.00. The lowest BCUT2D eigenvalue weighted by Crippen LogP contribution is -2.29. The van der Waals surface area contributed by atoms with Crippen molar-refractivity contribution in [3.05, 3.63) is 66.1 Å². The van der Waals surface area contributed by atoms with Gasteiger partial charge in [-0.05, 0) is 30.7 Å². The molecular formula is C20H20N4O3. The van der Waals surface area contributed by atoms with Crippen LogP contribution in [-0.2, 0) is 9.59 Å². The third-order valence-electron chi connectivity index (χ3n) is 4.00. The van der Waals surface area contributed by atoms with Gasteiger partial charge in [0, 0.05) is 18.2 Å². The van der Waals surface area contributed by atoms with Gasteiger partial charge < -0.3 is 15.1 Å². The first-order valence-electron chi connectivity index (χ1n) is 8.51. The number of anilines is 1. The molecule has 27 heavy (non-hydrogen) atoms. The molecule has 2 amide bonds. The highest BCUT2D eigenvalue weighted by atomic mass is 16.4. The van der Waals surface area contributed by atoms with E-state index in [4.69, 9.17) is 4.42 Å². The Morgan fingerprint density at radius 2 is 1.93 bits per heavy atom. The number of aromatic nitrogens is 2. The summed E-state index contributed by atoms with van der Waals surface area (Å²) in [7, 11) is 0. The Kier molecular flexibility index (Phi) is 5.61. The molecule has 2 N–H and O–H groups in total. The molecule has 1 atom stereocenters. The fraction of sp³-hybridized carbons (Fsp3) is 0.200. The van der Waals surface area contributed by atoms with Crippen LogP contribution >= 0.6 is 0 Å². The minimum atomic E-state index is -0.401. The summed E-state index contributed by atoms with van der Waals surface area (Å²) in [6.45, 7) is 3.42. The Bertz CT molecular complexity index is 921. The lowest BCUT2D eigenvalue weighted by molar-refractivity contribution is -0.120. The number of hydrogen-bond acceptors (Lipinski definition) is 5. The third kappa shape index (κ3) is 5.01. The molecule has 2 aromatic carbocycles. The summed E-state index contributed by atoms with van der Waals surface area (Å²) < 4.78 is 5.17. The molecule has 7 nitrogen and oxygen atoms in total. The quantitative estimate of drug-likeness (QED) is 0.700. The van der Waals surface area contributed by atoms with Gasteiger partial charge in [-0.15, -0.1) is 10.2 Å². The van der Waals surface area contributed by atoms with Gasteiger partial charge in [-0.2, -0.15) is 0 Å². The average molecular weight is 364 g/mol. The van der Waals surface area contributed by atoms with Crippen molar-refractivity contribution in [2.45, 2.75) is 26.3 Å². The molecule has 0 spiro atoms. The molecule has 0 bridgehead atoms. The van der Waals surface area contributed by atoms with Crippen molar-refractivity contribution in [3.8, 4) is 11.5 Å². The van der Waals surface area contributed by atoms with E-state index in [-0.39, 0.29) is 18.2 Å². The molecule has 1 heterocycles. The number of carbonyl (C=O) groups is 2. The van der Waals surface area contributed by atoms with E-state index in [1.54, 1.807) is 18.2 Å². The molecule has 0 aliphatic rings. The molecule has 0 aliphatic heterocycles. The summed E-state index contributed by atoms with van der Waals surface area (Å²) in [5.74, 6) is -0.0225. The molecule has 0 aliphatic carbocycles. The zero-order valence-corrected chi connectivity index (χ0v) is 15.1. The second-order valence-electron chi connectivity index (χ2n) is 6.24. The van der Waals surface area contributed by atoms with Crippen LogP contribution in [0.1, 0.15) is 30.5 Å². The van der Waals surface area contributed by atoms with Gasteiger partial charge in [0.1, 0.15) is 0 Å². The predicted octanol–water partition coefficient (Wildman–Crippen LogP) is 3.25. The first kappa shape index (κ1) is 18.3. The van der Waals surface area contributed by atoms with Crippen molar-refractivity contribution >= 4 is 17.5 Å². The standard InChI is InChI=1S/C20H20N4O3/c1-13-6-8-15(9-7-13)18(22-14(2)25)11-19(26)23-17-5-3-4-16(10-17)20-24-21-12-27-20/h3-10,12,18H,11H2,1-2H3,(H,22,25)(H,23,26). The topological polar surface area (TPSA) is 97.1 Å². The number of rotatable bonds is 6. The summed E-state index contributed by atoms with van der Waals surface area (Å²) in [6.07, 6.45) is 1.37. The maximum Gasteiger partial charge on any atom is 0.247 e. The molecule has 1 unspecified atom stereocenters. The Morgan fingerprint density at radius 3 is 2.59 bits per heavy atom. The maximum absolute atomic E-state index is 12.5. The number of carbonyl (C=O) groups excluding carboxylic acids is 2. The van der Waals surface area contributed by atoms with Crippen LogP contribution in [0.5, 0.6) is 0 Å². The predicted molar refractivity (Wildman–Crippen MR) is 101 cm³/mol. The molecule has 7 heteroatoms.